The van der Waals surface area contributed by atoms with E-state index >= 15 is 0 Å². The van der Waals surface area contributed by atoms with E-state index in [4.69, 9.17) is 0 Å². The zero-order valence-corrected chi connectivity index (χ0v) is 10.7. The first-order chi connectivity index (χ1) is 7.97. The summed E-state index contributed by atoms with van der Waals surface area (Å²) in [6.45, 7) is 7.21. The lowest BCUT2D eigenvalue weighted by atomic mass is 10.1. The van der Waals surface area contributed by atoms with E-state index in [9.17, 15) is 14.4 Å². The second-order valence-corrected chi connectivity index (χ2v) is 4.64. The van der Waals surface area contributed by atoms with Crippen LogP contribution in [0.4, 0.5) is 0 Å². The number of piperazine rings is 1. The first kappa shape index (κ1) is 13.7. The van der Waals surface area contributed by atoms with Crippen LogP contribution in [0.25, 0.3) is 0 Å². The van der Waals surface area contributed by atoms with Gasteiger partial charge in [0.15, 0.2) is 5.78 Å². The number of hydrogen-bond donors (Lipinski definition) is 0. The molecule has 0 saturated carbocycles. The van der Waals surface area contributed by atoms with E-state index in [0.717, 1.165) is 6.42 Å². The number of carbonyl (C=O) groups excluding carboxylic acids is 3. The summed E-state index contributed by atoms with van der Waals surface area (Å²) in [4.78, 5) is 37.9. The Balaban J connectivity index is 2.60. The Morgan fingerprint density at radius 2 is 1.71 bits per heavy atom. The molecule has 0 aromatic carbocycles. The Kier molecular flexibility index (Phi) is 4.66. The van der Waals surface area contributed by atoms with Crippen molar-refractivity contribution < 1.29 is 14.4 Å². The van der Waals surface area contributed by atoms with E-state index in [0.29, 0.717) is 19.6 Å². The average molecular weight is 240 g/mol. The summed E-state index contributed by atoms with van der Waals surface area (Å²) in [5.41, 5.74) is 0. The zero-order chi connectivity index (χ0) is 13.0. The molecule has 96 valence electrons. The van der Waals surface area contributed by atoms with Gasteiger partial charge in [-0.1, -0.05) is 20.8 Å². The van der Waals surface area contributed by atoms with Gasteiger partial charge in [0.25, 0.3) is 0 Å². The molecule has 0 aliphatic carbocycles. The van der Waals surface area contributed by atoms with Gasteiger partial charge in [-0.2, -0.15) is 0 Å². The van der Waals surface area contributed by atoms with Gasteiger partial charge < -0.3 is 9.80 Å². The molecule has 0 bridgehead atoms. The standard InChI is InChI=1S/C12H20N2O3/c1-4-5-13-6-7-14(12(17)11(13)16)8-10(15)9(2)3/h9H,4-8H2,1-3H3. The van der Waals surface area contributed by atoms with Gasteiger partial charge in [-0.05, 0) is 6.42 Å². The van der Waals surface area contributed by atoms with Crippen molar-refractivity contribution in [1.82, 2.24) is 9.80 Å². The molecular weight excluding hydrogens is 220 g/mol. The van der Waals surface area contributed by atoms with Crippen LogP contribution in [0, 0.1) is 5.92 Å². The number of carbonyl (C=O) groups is 3. The first-order valence-electron chi connectivity index (χ1n) is 6.08. The maximum atomic E-state index is 11.8. The lowest BCUT2D eigenvalue weighted by Crippen LogP contribution is -2.55. The highest BCUT2D eigenvalue weighted by Crippen LogP contribution is 2.07. The van der Waals surface area contributed by atoms with Gasteiger partial charge in [0, 0.05) is 25.6 Å². The maximum Gasteiger partial charge on any atom is 0.312 e. The van der Waals surface area contributed by atoms with Crippen LogP contribution >= 0.6 is 0 Å². The van der Waals surface area contributed by atoms with E-state index in [2.05, 4.69) is 0 Å². The minimum Gasteiger partial charge on any atom is -0.333 e. The number of nitrogens with zero attached hydrogens (tertiary/aromatic N) is 2. The molecule has 0 spiro atoms. The van der Waals surface area contributed by atoms with Crippen LogP contribution in [0.3, 0.4) is 0 Å². The summed E-state index contributed by atoms with van der Waals surface area (Å²) < 4.78 is 0. The van der Waals surface area contributed by atoms with Crippen molar-refractivity contribution in [2.45, 2.75) is 27.2 Å². The molecule has 0 radical (unpaired) electrons. The third-order valence-corrected chi connectivity index (χ3v) is 2.88. The third-order valence-electron chi connectivity index (χ3n) is 2.88. The van der Waals surface area contributed by atoms with E-state index in [1.807, 2.05) is 6.92 Å². The van der Waals surface area contributed by atoms with E-state index in [-0.39, 0.29) is 18.2 Å². The van der Waals surface area contributed by atoms with Gasteiger partial charge in [0.05, 0.1) is 6.54 Å². The van der Waals surface area contributed by atoms with Crippen LogP contribution in [-0.2, 0) is 14.4 Å². The van der Waals surface area contributed by atoms with Gasteiger partial charge in [-0.15, -0.1) is 0 Å². The molecule has 17 heavy (non-hydrogen) atoms. The number of hydrogen-bond acceptors (Lipinski definition) is 3. The fraction of sp³-hybridized carbons (Fsp3) is 0.750. The van der Waals surface area contributed by atoms with Gasteiger partial charge in [-0.25, -0.2) is 0 Å². The van der Waals surface area contributed by atoms with Crippen LogP contribution < -0.4 is 0 Å². The van der Waals surface area contributed by atoms with Gasteiger partial charge in [-0.3, -0.25) is 14.4 Å². The van der Waals surface area contributed by atoms with E-state index in [1.54, 1.807) is 18.7 Å². The second kappa shape index (κ2) is 5.80. The highest BCUT2D eigenvalue weighted by molar-refractivity contribution is 6.35. The largest absolute Gasteiger partial charge is 0.333 e. The molecule has 1 saturated heterocycles. The number of amides is 2. The summed E-state index contributed by atoms with van der Waals surface area (Å²) in [6.07, 6.45) is 0.837. The molecule has 0 aromatic rings. The van der Waals surface area contributed by atoms with Crippen molar-refractivity contribution in [2.24, 2.45) is 5.92 Å². The minimum atomic E-state index is -0.543. The molecule has 5 nitrogen and oxygen atoms in total. The first-order valence-corrected chi connectivity index (χ1v) is 6.08. The molecule has 1 aliphatic rings. The molecule has 1 rings (SSSR count). The molecule has 0 aromatic heterocycles. The zero-order valence-electron chi connectivity index (χ0n) is 10.7. The lowest BCUT2D eigenvalue weighted by Gasteiger charge is -2.33. The SMILES string of the molecule is CCCN1CCN(CC(=O)C(C)C)C(=O)C1=O. The van der Waals surface area contributed by atoms with Gasteiger partial charge in [0.2, 0.25) is 0 Å². The van der Waals surface area contributed by atoms with Crippen LogP contribution in [0.2, 0.25) is 0 Å². The molecule has 0 atom stereocenters. The molecule has 1 aliphatic heterocycles. The molecule has 1 heterocycles. The van der Waals surface area contributed by atoms with Crippen LogP contribution in [0.1, 0.15) is 27.2 Å². The molecule has 2 amide bonds. The lowest BCUT2D eigenvalue weighted by molar-refractivity contribution is -0.156. The molecule has 5 heteroatoms. The average Bonchev–Trinajstić information content (AvgIpc) is 2.28. The summed E-state index contributed by atoms with van der Waals surface area (Å²) >= 11 is 0. The Bertz CT molecular complexity index is 326. The Hall–Kier alpha value is -1.39. The Morgan fingerprint density at radius 3 is 2.24 bits per heavy atom. The van der Waals surface area contributed by atoms with Crippen LogP contribution in [0.5, 0.6) is 0 Å². The molecular formula is C12H20N2O3. The third kappa shape index (κ3) is 3.28. The topological polar surface area (TPSA) is 57.7 Å². The fourth-order valence-electron chi connectivity index (χ4n) is 1.72. The van der Waals surface area contributed by atoms with Gasteiger partial charge >= 0.3 is 11.8 Å². The van der Waals surface area contributed by atoms with E-state index < -0.39 is 11.8 Å². The molecule has 0 unspecified atom stereocenters. The summed E-state index contributed by atoms with van der Waals surface area (Å²) in [6, 6.07) is 0. The van der Waals surface area contributed by atoms with E-state index in [1.165, 1.54) is 4.90 Å². The number of Topliss-reactive ketones (excluding diaryl/α,β-unsaturated/α-hetero) is 1. The second-order valence-electron chi connectivity index (χ2n) is 4.64. The van der Waals surface area contributed by atoms with Crippen molar-refractivity contribution in [3.05, 3.63) is 0 Å². The van der Waals surface area contributed by atoms with Crippen LogP contribution in [0.15, 0.2) is 0 Å². The quantitative estimate of drug-likeness (QED) is 0.649. The number of rotatable bonds is 5. The summed E-state index contributed by atoms with van der Waals surface area (Å²) in [5.74, 6) is -1.13. The predicted molar refractivity (Wildman–Crippen MR) is 63.3 cm³/mol. The van der Waals surface area contributed by atoms with Crippen molar-refractivity contribution in [1.29, 1.82) is 0 Å². The fourth-order valence-corrected chi connectivity index (χ4v) is 1.72. The minimum absolute atomic E-state index is 0.00454. The summed E-state index contributed by atoms with van der Waals surface area (Å²) in [7, 11) is 0. The Morgan fingerprint density at radius 1 is 1.18 bits per heavy atom. The maximum absolute atomic E-state index is 11.8. The predicted octanol–water partition coefficient (Wildman–Crippen LogP) is 0.292. The van der Waals surface area contributed by atoms with Crippen molar-refractivity contribution >= 4 is 17.6 Å². The smallest absolute Gasteiger partial charge is 0.312 e. The number of ketones is 1. The summed E-state index contributed by atoms with van der Waals surface area (Å²) in [5, 5.41) is 0. The monoisotopic (exact) mass is 240 g/mol. The van der Waals surface area contributed by atoms with Crippen molar-refractivity contribution in [3.63, 3.8) is 0 Å². The normalized spacial score (nSPS) is 16.9. The Labute approximate surface area is 102 Å². The van der Waals surface area contributed by atoms with Crippen molar-refractivity contribution in [3.8, 4) is 0 Å². The highest BCUT2D eigenvalue weighted by Gasteiger charge is 2.32. The molecule has 1 fully saturated rings. The van der Waals surface area contributed by atoms with Gasteiger partial charge in [0.1, 0.15) is 0 Å². The van der Waals surface area contributed by atoms with Crippen molar-refractivity contribution in [2.75, 3.05) is 26.2 Å². The molecule has 0 N–H and O–H groups in total. The highest BCUT2D eigenvalue weighted by atomic mass is 16.2. The van der Waals surface area contributed by atoms with Crippen LogP contribution in [-0.4, -0.2) is 53.6 Å².